The first-order valence-corrected chi connectivity index (χ1v) is 10.1. The highest BCUT2D eigenvalue weighted by atomic mass is 35.5. The van der Waals surface area contributed by atoms with Crippen LogP contribution in [0.25, 0.3) is 0 Å². The summed E-state index contributed by atoms with van der Waals surface area (Å²) in [5, 5.41) is 11.9. The molecule has 1 heterocycles. The third kappa shape index (κ3) is 4.44. The Labute approximate surface area is 149 Å². The van der Waals surface area contributed by atoms with Crippen LogP contribution in [0.5, 0.6) is 0 Å². The zero-order valence-electron chi connectivity index (χ0n) is 13.2. The van der Waals surface area contributed by atoms with Crippen molar-refractivity contribution in [3.05, 3.63) is 40.1 Å². The molecule has 2 aromatic rings. The van der Waals surface area contributed by atoms with Gasteiger partial charge >= 0.3 is 0 Å². The molecule has 24 heavy (non-hydrogen) atoms. The molecule has 5 nitrogen and oxygen atoms in total. The van der Waals surface area contributed by atoms with Gasteiger partial charge in [-0.25, -0.2) is 17.8 Å². The van der Waals surface area contributed by atoms with Gasteiger partial charge in [0.1, 0.15) is 5.82 Å². The Hall–Kier alpha value is -1.22. The quantitative estimate of drug-likeness (QED) is 0.750. The van der Waals surface area contributed by atoms with Crippen LogP contribution in [0.1, 0.15) is 32.4 Å². The van der Waals surface area contributed by atoms with E-state index in [9.17, 15) is 17.9 Å². The van der Waals surface area contributed by atoms with Crippen LogP contribution >= 0.6 is 22.9 Å². The van der Waals surface area contributed by atoms with Gasteiger partial charge in [-0.15, -0.1) is 11.3 Å². The first kappa shape index (κ1) is 19.1. The molecule has 9 heteroatoms. The highest BCUT2D eigenvalue weighted by Crippen LogP contribution is 2.26. The largest absolute Gasteiger partial charge is 0.390 e. The average molecular weight is 393 g/mol. The van der Waals surface area contributed by atoms with Gasteiger partial charge in [0, 0.05) is 11.8 Å². The lowest BCUT2D eigenvalue weighted by Crippen LogP contribution is -2.29. The van der Waals surface area contributed by atoms with E-state index in [1.54, 1.807) is 5.38 Å². The molecule has 0 radical (unpaired) electrons. The van der Waals surface area contributed by atoms with Gasteiger partial charge in [0.15, 0.2) is 5.13 Å². The number of nitrogens with zero attached hydrogens (tertiary/aromatic N) is 1. The molecular weight excluding hydrogens is 375 g/mol. The molecule has 0 unspecified atom stereocenters. The molecule has 0 amide bonds. The van der Waals surface area contributed by atoms with Gasteiger partial charge in [-0.2, -0.15) is 0 Å². The minimum Gasteiger partial charge on any atom is -0.390 e. The van der Waals surface area contributed by atoms with Crippen LogP contribution in [0.4, 0.5) is 9.52 Å². The van der Waals surface area contributed by atoms with E-state index in [0.717, 1.165) is 29.5 Å². The average Bonchev–Trinajstić information content (AvgIpc) is 2.95. The summed E-state index contributed by atoms with van der Waals surface area (Å²) in [4.78, 5) is 4.05. The molecular formula is C15H18ClFN2O3S2. The summed E-state index contributed by atoms with van der Waals surface area (Å²) >= 11 is 6.74. The molecule has 0 saturated carbocycles. The van der Waals surface area contributed by atoms with Crippen LogP contribution < -0.4 is 4.72 Å². The van der Waals surface area contributed by atoms with Crippen molar-refractivity contribution in [1.29, 1.82) is 0 Å². The van der Waals surface area contributed by atoms with Crippen molar-refractivity contribution < 1.29 is 17.9 Å². The Bertz CT molecular complexity index is 820. The first-order chi connectivity index (χ1) is 11.2. The van der Waals surface area contributed by atoms with Gasteiger partial charge in [-0.3, -0.25) is 4.72 Å². The summed E-state index contributed by atoms with van der Waals surface area (Å²) in [6.07, 6.45) is 1.51. The van der Waals surface area contributed by atoms with Gasteiger partial charge in [-0.1, -0.05) is 25.4 Å². The fourth-order valence-corrected chi connectivity index (χ4v) is 4.32. The summed E-state index contributed by atoms with van der Waals surface area (Å²) in [5.41, 5.74) is -0.240. The molecule has 1 aromatic carbocycles. The predicted octanol–water partition coefficient (Wildman–Crippen LogP) is 3.83. The standard InChI is InChI=1S/C15H18ClFN2O3S2/c1-3-15(20,4-2)8-10-9-23-14(18-10)19-24(21,22)11-5-6-13(17)12(16)7-11/h5-7,9,20H,3-4,8H2,1-2H3,(H,18,19). The summed E-state index contributed by atoms with van der Waals surface area (Å²) < 4.78 is 40.1. The Morgan fingerprint density at radius 2 is 2.04 bits per heavy atom. The second-order valence-corrected chi connectivity index (χ2v) is 8.38. The summed E-state index contributed by atoms with van der Waals surface area (Å²) in [6, 6.07) is 3.17. The van der Waals surface area contributed by atoms with Crippen LogP contribution in [0.3, 0.4) is 0 Å². The van der Waals surface area contributed by atoms with E-state index in [2.05, 4.69) is 9.71 Å². The summed E-state index contributed by atoms with van der Waals surface area (Å²) in [5.74, 6) is -0.689. The predicted molar refractivity (Wildman–Crippen MR) is 93.6 cm³/mol. The third-order valence-corrected chi connectivity index (χ3v) is 6.36. The monoisotopic (exact) mass is 392 g/mol. The molecule has 0 spiro atoms. The topological polar surface area (TPSA) is 79.3 Å². The molecule has 0 atom stereocenters. The number of aromatic nitrogens is 1. The fraction of sp³-hybridized carbons (Fsp3) is 0.400. The van der Waals surface area contributed by atoms with E-state index in [1.165, 1.54) is 0 Å². The van der Waals surface area contributed by atoms with Crippen LogP contribution in [-0.2, 0) is 16.4 Å². The minimum absolute atomic E-state index is 0.149. The van der Waals surface area contributed by atoms with Gasteiger partial charge < -0.3 is 5.11 Å². The number of nitrogens with one attached hydrogen (secondary N) is 1. The Morgan fingerprint density at radius 3 is 2.62 bits per heavy atom. The molecule has 2 N–H and O–H groups in total. The molecule has 0 fully saturated rings. The molecule has 0 bridgehead atoms. The lowest BCUT2D eigenvalue weighted by atomic mass is 9.92. The lowest BCUT2D eigenvalue weighted by Gasteiger charge is -2.23. The maximum absolute atomic E-state index is 13.2. The highest BCUT2D eigenvalue weighted by Gasteiger charge is 2.24. The van der Waals surface area contributed by atoms with E-state index in [0.29, 0.717) is 25.0 Å². The lowest BCUT2D eigenvalue weighted by molar-refractivity contribution is 0.0319. The van der Waals surface area contributed by atoms with Crippen molar-refractivity contribution >= 4 is 38.1 Å². The number of benzene rings is 1. The number of anilines is 1. The van der Waals surface area contributed by atoms with Gasteiger partial charge in [0.2, 0.25) is 0 Å². The van der Waals surface area contributed by atoms with Crippen molar-refractivity contribution in [2.45, 2.75) is 43.6 Å². The molecule has 0 aliphatic heterocycles. The molecule has 132 valence electrons. The number of sulfonamides is 1. The molecule has 0 aliphatic carbocycles. The van der Waals surface area contributed by atoms with Gasteiger partial charge in [0.05, 0.1) is 21.2 Å². The zero-order valence-corrected chi connectivity index (χ0v) is 15.6. The number of halogens is 2. The summed E-state index contributed by atoms with van der Waals surface area (Å²) in [6.45, 7) is 3.77. The Balaban J connectivity index is 2.17. The first-order valence-electron chi connectivity index (χ1n) is 7.34. The number of rotatable bonds is 7. The van der Waals surface area contributed by atoms with E-state index in [-0.39, 0.29) is 15.0 Å². The van der Waals surface area contributed by atoms with Crippen LogP contribution in [0, 0.1) is 5.82 Å². The van der Waals surface area contributed by atoms with Crippen molar-refractivity contribution in [2.75, 3.05) is 4.72 Å². The number of aliphatic hydroxyl groups is 1. The van der Waals surface area contributed by atoms with Crippen LogP contribution in [-0.4, -0.2) is 24.1 Å². The van der Waals surface area contributed by atoms with E-state index >= 15 is 0 Å². The van der Waals surface area contributed by atoms with Crippen molar-refractivity contribution in [3.8, 4) is 0 Å². The Kier molecular flexibility index (Phi) is 5.85. The van der Waals surface area contributed by atoms with Gasteiger partial charge in [0.25, 0.3) is 10.0 Å². The Morgan fingerprint density at radius 1 is 1.38 bits per heavy atom. The second-order valence-electron chi connectivity index (χ2n) is 5.43. The fourth-order valence-electron chi connectivity index (χ4n) is 2.09. The molecule has 0 saturated heterocycles. The minimum atomic E-state index is -3.91. The third-order valence-electron chi connectivity index (χ3n) is 3.80. The SMILES string of the molecule is CCC(O)(CC)Cc1csc(NS(=O)(=O)c2ccc(F)c(Cl)c2)n1. The molecule has 1 aromatic heterocycles. The maximum atomic E-state index is 13.2. The van der Waals surface area contributed by atoms with Crippen LogP contribution in [0.15, 0.2) is 28.5 Å². The second kappa shape index (κ2) is 7.35. The van der Waals surface area contributed by atoms with E-state index in [4.69, 9.17) is 11.6 Å². The van der Waals surface area contributed by atoms with Crippen molar-refractivity contribution in [1.82, 2.24) is 4.98 Å². The van der Waals surface area contributed by atoms with Gasteiger partial charge in [-0.05, 0) is 31.0 Å². The van der Waals surface area contributed by atoms with Crippen LogP contribution in [0.2, 0.25) is 5.02 Å². The number of hydrogen-bond acceptors (Lipinski definition) is 5. The molecule has 2 rings (SSSR count). The zero-order chi connectivity index (χ0) is 18.0. The summed E-state index contributed by atoms with van der Waals surface area (Å²) in [7, 11) is -3.91. The maximum Gasteiger partial charge on any atom is 0.263 e. The van der Waals surface area contributed by atoms with E-state index in [1.807, 2.05) is 13.8 Å². The normalized spacial score (nSPS) is 12.4. The molecule has 0 aliphatic rings. The highest BCUT2D eigenvalue weighted by molar-refractivity contribution is 7.93. The number of thiazole rings is 1. The van der Waals surface area contributed by atoms with E-state index < -0.39 is 21.4 Å². The number of hydrogen-bond donors (Lipinski definition) is 2. The van der Waals surface area contributed by atoms with Crippen molar-refractivity contribution in [3.63, 3.8) is 0 Å². The smallest absolute Gasteiger partial charge is 0.263 e. The van der Waals surface area contributed by atoms with Crippen molar-refractivity contribution in [2.24, 2.45) is 0 Å².